The summed E-state index contributed by atoms with van der Waals surface area (Å²) in [6.45, 7) is 2.50. The molecule has 1 aromatic carbocycles. The maximum Gasteiger partial charge on any atom is 0.165 e. The first-order valence-electron chi connectivity index (χ1n) is 5.69. The van der Waals surface area contributed by atoms with Crippen molar-refractivity contribution in [1.82, 2.24) is 9.97 Å². The number of halogens is 1. The molecule has 2 rings (SSSR count). The van der Waals surface area contributed by atoms with E-state index in [2.05, 4.69) is 9.97 Å². The summed E-state index contributed by atoms with van der Waals surface area (Å²) in [4.78, 5) is 8.31. The predicted molar refractivity (Wildman–Crippen MR) is 66.5 cm³/mol. The zero-order valence-electron chi connectivity index (χ0n) is 10.1. The molecule has 5 heteroatoms. The molecule has 0 spiro atoms. The maximum atomic E-state index is 13.8. The Labute approximate surface area is 105 Å². The van der Waals surface area contributed by atoms with Gasteiger partial charge in [-0.15, -0.1) is 0 Å². The van der Waals surface area contributed by atoms with Crippen LogP contribution in [0.25, 0.3) is 11.3 Å². The fourth-order valence-electron chi connectivity index (χ4n) is 1.68. The van der Waals surface area contributed by atoms with Crippen LogP contribution in [-0.4, -0.2) is 16.6 Å². The van der Waals surface area contributed by atoms with Crippen LogP contribution in [0, 0.1) is 5.82 Å². The molecule has 0 fully saturated rings. The van der Waals surface area contributed by atoms with E-state index in [4.69, 9.17) is 10.5 Å². The van der Waals surface area contributed by atoms with Crippen LogP contribution in [0.15, 0.2) is 30.6 Å². The van der Waals surface area contributed by atoms with E-state index in [0.717, 1.165) is 0 Å². The lowest BCUT2D eigenvalue weighted by atomic mass is 10.1. The molecule has 2 N–H and O–H groups in total. The second-order valence-electron chi connectivity index (χ2n) is 3.63. The number of nitrogens with zero attached hydrogens (tertiary/aromatic N) is 2. The Morgan fingerprint density at radius 1 is 1.28 bits per heavy atom. The zero-order chi connectivity index (χ0) is 13.0. The second kappa shape index (κ2) is 5.55. The van der Waals surface area contributed by atoms with Crippen molar-refractivity contribution in [2.75, 3.05) is 6.61 Å². The second-order valence-corrected chi connectivity index (χ2v) is 3.63. The van der Waals surface area contributed by atoms with E-state index in [1.807, 2.05) is 6.92 Å². The van der Waals surface area contributed by atoms with Crippen LogP contribution in [0.5, 0.6) is 5.75 Å². The first-order valence-corrected chi connectivity index (χ1v) is 5.69. The third-order valence-electron chi connectivity index (χ3n) is 2.47. The first-order chi connectivity index (χ1) is 8.76. The van der Waals surface area contributed by atoms with E-state index in [-0.39, 0.29) is 12.3 Å². The van der Waals surface area contributed by atoms with E-state index in [9.17, 15) is 4.39 Å². The number of aromatic nitrogens is 2. The Hall–Kier alpha value is -2.01. The molecule has 4 nitrogen and oxygen atoms in total. The van der Waals surface area contributed by atoms with Gasteiger partial charge in [0.25, 0.3) is 0 Å². The molecule has 0 unspecified atom stereocenters. The molecule has 0 aliphatic heterocycles. The summed E-state index contributed by atoms with van der Waals surface area (Å²) in [5.41, 5.74) is 7.46. The van der Waals surface area contributed by atoms with Gasteiger partial charge in [0.05, 0.1) is 18.0 Å². The molecule has 0 aliphatic carbocycles. The molecule has 0 atom stereocenters. The molecule has 0 saturated heterocycles. The van der Waals surface area contributed by atoms with Crippen LogP contribution in [-0.2, 0) is 6.54 Å². The fraction of sp³-hybridized carbons (Fsp3) is 0.231. The van der Waals surface area contributed by atoms with Crippen molar-refractivity contribution in [2.24, 2.45) is 5.73 Å². The van der Waals surface area contributed by atoms with Crippen molar-refractivity contribution in [3.8, 4) is 17.0 Å². The highest BCUT2D eigenvalue weighted by Crippen LogP contribution is 2.25. The third-order valence-corrected chi connectivity index (χ3v) is 2.47. The normalized spacial score (nSPS) is 10.4. The Kier molecular flexibility index (Phi) is 3.84. The average molecular weight is 247 g/mol. The number of hydrogen-bond acceptors (Lipinski definition) is 4. The standard InChI is InChI=1S/C13H14FN3O/c1-2-18-12-4-3-9(7-10(12)14)13-11(8-15)16-5-6-17-13/h3-7H,2,8,15H2,1H3. The molecule has 1 heterocycles. The largest absolute Gasteiger partial charge is 0.491 e. The lowest BCUT2D eigenvalue weighted by Crippen LogP contribution is -2.03. The monoisotopic (exact) mass is 247 g/mol. The molecule has 0 bridgehead atoms. The fourth-order valence-corrected chi connectivity index (χ4v) is 1.68. The lowest BCUT2D eigenvalue weighted by molar-refractivity contribution is 0.321. The predicted octanol–water partition coefficient (Wildman–Crippen LogP) is 2.14. The zero-order valence-corrected chi connectivity index (χ0v) is 10.1. The van der Waals surface area contributed by atoms with E-state index in [1.165, 1.54) is 6.07 Å². The highest BCUT2D eigenvalue weighted by molar-refractivity contribution is 5.62. The summed E-state index contributed by atoms with van der Waals surface area (Å²) < 4.78 is 18.9. The summed E-state index contributed by atoms with van der Waals surface area (Å²) in [5, 5.41) is 0. The van der Waals surface area contributed by atoms with Crippen molar-refractivity contribution >= 4 is 0 Å². The number of nitrogens with two attached hydrogens (primary N) is 1. The van der Waals surface area contributed by atoms with Crippen molar-refractivity contribution in [3.63, 3.8) is 0 Å². The van der Waals surface area contributed by atoms with Gasteiger partial charge in [0.1, 0.15) is 0 Å². The smallest absolute Gasteiger partial charge is 0.165 e. The summed E-state index contributed by atoms with van der Waals surface area (Å²) in [5.74, 6) is -0.178. The van der Waals surface area contributed by atoms with Gasteiger partial charge in [-0.2, -0.15) is 0 Å². The molecule has 94 valence electrons. The lowest BCUT2D eigenvalue weighted by Gasteiger charge is -2.08. The van der Waals surface area contributed by atoms with Crippen molar-refractivity contribution < 1.29 is 9.13 Å². The van der Waals surface area contributed by atoms with Crippen LogP contribution in [0.1, 0.15) is 12.6 Å². The molecule has 0 amide bonds. The summed E-state index contributed by atoms with van der Waals surface area (Å²) >= 11 is 0. The Morgan fingerprint density at radius 3 is 2.72 bits per heavy atom. The van der Waals surface area contributed by atoms with Crippen molar-refractivity contribution in [3.05, 3.63) is 42.1 Å². The summed E-state index contributed by atoms with van der Waals surface area (Å²) in [6, 6.07) is 4.72. The molecule has 0 saturated carbocycles. The Morgan fingerprint density at radius 2 is 2.06 bits per heavy atom. The van der Waals surface area contributed by atoms with E-state index < -0.39 is 5.82 Å². The topological polar surface area (TPSA) is 61.0 Å². The quantitative estimate of drug-likeness (QED) is 0.899. The van der Waals surface area contributed by atoms with E-state index >= 15 is 0 Å². The van der Waals surface area contributed by atoms with Crippen LogP contribution < -0.4 is 10.5 Å². The molecule has 0 radical (unpaired) electrons. The van der Waals surface area contributed by atoms with Crippen LogP contribution in [0.2, 0.25) is 0 Å². The van der Waals surface area contributed by atoms with Gasteiger partial charge in [-0.05, 0) is 25.1 Å². The maximum absolute atomic E-state index is 13.8. The van der Waals surface area contributed by atoms with Gasteiger partial charge in [-0.3, -0.25) is 9.97 Å². The summed E-state index contributed by atoms with van der Waals surface area (Å²) in [6.07, 6.45) is 3.12. The minimum atomic E-state index is -0.414. The van der Waals surface area contributed by atoms with E-state index in [1.54, 1.807) is 24.5 Å². The van der Waals surface area contributed by atoms with Crippen LogP contribution in [0.4, 0.5) is 4.39 Å². The van der Waals surface area contributed by atoms with Crippen LogP contribution in [0.3, 0.4) is 0 Å². The Balaban J connectivity index is 2.42. The summed E-state index contributed by atoms with van der Waals surface area (Å²) in [7, 11) is 0. The highest BCUT2D eigenvalue weighted by Gasteiger charge is 2.10. The molecule has 0 aliphatic rings. The van der Waals surface area contributed by atoms with Gasteiger partial charge in [0.15, 0.2) is 11.6 Å². The van der Waals surface area contributed by atoms with Crippen molar-refractivity contribution in [2.45, 2.75) is 13.5 Å². The van der Waals surface area contributed by atoms with Crippen LogP contribution >= 0.6 is 0 Å². The number of benzene rings is 1. The van der Waals surface area contributed by atoms with E-state index in [0.29, 0.717) is 23.6 Å². The Bertz CT molecular complexity index is 546. The van der Waals surface area contributed by atoms with Gasteiger partial charge in [0, 0.05) is 24.5 Å². The molecular formula is C13H14FN3O. The van der Waals surface area contributed by atoms with Gasteiger partial charge >= 0.3 is 0 Å². The number of rotatable bonds is 4. The average Bonchev–Trinajstić information content (AvgIpc) is 2.41. The third kappa shape index (κ3) is 2.46. The number of hydrogen-bond donors (Lipinski definition) is 1. The number of ether oxygens (including phenoxy) is 1. The van der Waals surface area contributed by atoms with Gasteiger partial charge in [-0.25, -0.2) is 4.39 Å². The van der Waals surface area contributed by atoms with Gasteiger partial charge in [0.2, 0.25) is 0 Å². The molecular weight excluding hydrogens is 233 g/mol. The minimum Gasteiger partial charge on any atom is -0.491 e. The SMILES string of the molecule is CCOc1ccc(-c2nccnc2CN)cc1F. The minimum absolute atomic E-state index is 0.236. The molecule has 1 aromatic heterocycles. The van der Waals surface area contributed by atoms with Gasteiger partial charge in [-0.1, -0.05) is 0 Å². The molecule has 18 heavy (non-hydrogen) atoms. The first kappa shape index (κ1) is 12.4. The highest BCUT2D eigenvalue weighted by atomic mass is 19.1. The van der Waals surface area contributed by atoms with Gasteiger partial charge < -0.3 is 10.5 Å². The molecule has 2 aromatic rings. The van der Waals surface area contributed by atoms with Crippen molar-refractivity contribution in [1.29, 1.82) is 0 Å².